The molecule has 0 saturated carbocycles. The molecule has 2 N–H and O–H groups in total. The van der Waals surface area contributed by atoms with Crippen molar-refractivity contribution in [2.24, 2.45) is 11.3 Å². The normalized spacial score (nSPS) is 24.1. The van der Waals surface area contributed by atoms with E-state index in [0.29, 0.717) is 12.3 Å². The van der Waals surface area contributed by atoms with Gasteiger partial charge in [-0.05, 0) is 39.7 Å². The van der Waals surface area contributed by atoms with E-state index in [-0.39, 0.29) is 11.5 Å². The fourth-order valence-electron chi connectivity index (χ4n) is 1.59. The molecule has 1 unspecified atom stereocenters. The molecule has 1 heterocycles. The number of rotatable bonds is 2. The Morgan fingerprint density at radius 1 is 1.50 bits per heavy atom. The van der Waals surface area contributed by atoms with Gasteiger partial charge < -0.3 is 10.4 Å². The molecule has 1 aliphatic heterocycles. The van der Waals surface area contributed by atoms with Crippen LogP contribution in [-0.4, -0.2) is 24.3 Å². The van der Waals surface area contributed by atoms with Gasteiger partial charge in [-0.15, -0.1) is 5.92 Å². The standard InChI is InChI=1S/C12H21NO/c1-12(2,3)7-4-5-11(14)10-6-8-13-9-10/h10-11,13-14H,5-6,8-9H2,1-3H3/t10-,11?/m0/s1. The summed E-state index contributed by atoms with van der Waals surface area (Å²) in [4.78, 5) is 0. The molecule has 0 amide bonds. The van der Waals surface area contributed by atoms with Crippen molar-refractivity contribution in [1.29, 1.82) is 0 Å². The molecule has 0 aromatic heterocycles. The van der Waals surface area contributed by atoms with Crippen molar-refractivity contribution in [1.82, 2.24) is 5.32 Å². The first-order valence-corrected chi connectivity index (χ1v) is 5.38. The lowest BCUT2D eigenvalue weighted by Gasteiger charge is -2.14. The Kier molecular flexibility index (Phi) is 3.97. The summed E-state index contributed by atoms with van der Waals surface area (Å²) in [5, 5.41) is 13.1. The molecule has 0 aliphatic carbocycles. The van der Waals surface area contributed by atoms with Crippen LogP contribution in [0, 0.1) is 23.2 Å². The molecule has 2 atom stereocenters. The van der Waals surface area contributed by atoms with E-state index in [2.05, 4.69) is 37.9 Å². The Hall–Kier alpha value is -0.520. The van der Waals surface area contributed by atoms with Crippen LogP contribution < -0.4 is 5.32 Å². The van der Waals surface area contributed by atoms with Gasteiger partial charge in [-0.1, -0.05) is 5.92 Å². The lowest BCUT2D eigenvalue weighted by molar-refractivity contribution is 0.122. The minimum Gasteiger partial charge on any atom is -0.392 e. The average Bonchev–Trinajstić information content (AvgIpc) is 2.53. The number of aliphatic hydroxyl groups excluding tert-OH is 1. The second-order valence-corrected chi connectivity index (χ2v) is 5.08. The van der Waals surface area contributed by atoms with Gasteiger partial charge in [0.15, 0.2) is 0 Å². The molecule has 0 radical (unpaired) electrons. The van der Waals surface area contributed by atoms with Crippen LogP contribution in [-0.2, 0) is 0 Å². The van der Waals surface area contributed by atoms with E-state index in [4.69, 9.17) is 0 Å². The molecule has 0 bridgehead atoms. The maximum absolute atomic E-state index is 9.80. The van der Waals surface area contributed by atoms with Crippen LogP contribution in [0.25, 0.3) is 0 Å². The number of hydrogen-bond donors (Lipinski definition) is 2. The van der Waals surface area contributed by atoms with Crippen molar-refractivity contribution in [3.63, 3.8) is 0 Å². The van der Waals surface area contributed by atoms with Crippen molar-refractivity contribution in [2.45, 2.75) is 39.7 Å². The summed E-state index contributed by atoms with van der Waals surface area (Å²) in [6.45, 7) is 8.24. The van der Waals surface area contributed by atoms with Crippen molar-refractivity contribution >= 4 is 0 Å². The van der Waals surface area contributed by atoms with Gasteiger partial charge in [-0.3, -0.25) is 0 Å². The van der Waals surface area contributed by atoms with Gasteiger partial charge in [-0.2, -0.15) is 0 Å². The quantitative estimate of drug-likeness (QED) is 0.653. The molecule has 80 valence electrons. The first kappa shape index (κ1) is 11.6. The molecule has 0 spiro atoms. The molecule has 2 nitrogen and oxygen atoms in total. The fraction of sp³-hybridized carbons (Fsp3) is 0.833. The number of aliphatic hydroxyl groups is 1. The molecule has 0 aromatic carbocycles. The van der Waals surface area contributed by atoms with E-state index in [1.54, 1.807) is 0 Å². The van der Waals surface area contributed by atoms with Crippen LogP contribution in [0.1, 0.15) is 33.6 Å². The maximum Gasteiger partial charge on any atom is 0.0690 e. The summed E-state index contributed by atoms with van der Waals surface area (Å²) in [6, 6.07) is 0. The van der Waals surface area contributed by atoms with E-state index in [1.807, 2.05) is 0 Å². The summed E-state index contributed by atoms with van der Waals surface area (Å²) in [5.74, 6) is 6.63. The monoisotopic (exact) mass is 195 g/mol. The molecule has 1 aliphatic rings. The fourth-order valence-corrected chi connectivity index (χ4v) is 1.59. The van der Waals surface area contributed by atoms with E-state index < -0.39 is 0 Å². The molecule has 1 rings (SSSR count). The lowest BCUT2D eigenvalue weighted by atomic mass is 9.95. The highest BCUT2D eigenvalue weighted by atomic mass is 16.3. The van der Waals surface area contributed by atoms with Gasteiger partial charge in [0, 0.05) is 18.4 Å². The Morgan fingerprint density at radius 3 is 2.71 bits per heavy atom. The van der Waals surface area contributed by atoms with Gasteiger partial charge >= 0.3 is 0 Å². The summed E-state index contributed by atoms with van der Waals surface area (Å²) in [5.41, 5.74) is 0.0493. The number of hydrogen-bond acceptors (Lipinski definition) is 2. The van der Waals surface area contributed by atoms with Crippen molar-refractivity contribution in [3.05, 3.63) is 0 Å². The Balaban J connectivity index is 2.32. The van der Waals surface area contributed by atoms with Gasteiger partial charge in [-0.25, -0.2) is 0 Å². The van der Waals surface area contributed by atoms with E-state index in [1.165, 1.54) is 0 Å². The zero-order valence-corrected chi connectivity index (χ0v) is 9.43. The third-order valence-corrected chi connectivity index (χ3v) is 2.42. The first-order valence-electron chi connectivity index (χ1n) is 5.38. The lowest BCUT2D eigenvalue weighted by Crippen LogP contribution is -2.22. The largest absolute Gasteiger partial charge is 0.392 e. The Labute approximate surface area is 87.1 Å². The highest BCUT2D eigenvalue weighted by molar-refractivity contribution is 5.08. The van der Waals surface area contributed by atoms with E-state index >= 15 is 0 Å². The second-order valence-electron chi connectivity index (χ2n) is 5.08. The molecule has 1 fully saturated rings. The minimum atomic E-state index is -0.250. The molecule has 14 heavy (non-hydrogen) atoms. The van der Waals surface area contributed by atoms with Crippen molar-refractivity contribution in [2.75, 3.05) is 13.1 Å². The molecule has 1 saturated heterocycles. The van der Waals surface area contributed by atoms with Crippen LogP contribution in [0.15, 0.2) is 0 Å². The summed E-state index contributed by atoms with van der Waals surface area (Å²) < 4.78 is 0. The van der Waals surface area contributed by atoms with Gasteiger partial charge in [0.25, 0.3) is 0 Å². The minimum absolute atomic E-state index is 0.0493. The third kappa shape index (κ3) is 4.13. The predicted molar refractivity (Wildman–Crippen MR) is 58.8 cm³/mol. The highest BCUT2D eigenvalue weighted by Gasteiger charge is 2.21. The molecular formula is C12H21NO. The average molecular weight is 195 g/mol. The van der Waals surface area contributed by atoms with E-state index in [9.17, 15) is 5.11 Å². The van der Waals surface area contributed by atoms with Gasteiger partial charge in [0.2, 0.25) is 0 Å². The Morgan fingerprint density at radius 2 is 2.21 bits per heavy atom. The van der Waals surface area contributed by atoms with Gasteiger partial charge in [0.1, 0.15) is 0 Å². The van der Waals surface area contributed by atoms with Crippen LogP contribution >= 0.6 is 0 Å². The van der Waals surface area contributed by atoms with Crippen LogP contribution in [0.3, 0.4) is 0 Å². The zero-order valence-electron chi connectivity index (χ0n) is 9.43. The predicted octanol–water partition coefficient (Wildman–Crippen LogP) is 1.40. The molecule has 0 aromatic rings. The van der Waals surface area contributed by atoms with Crippen LogP contribution in [0.2, 0.25) is 0 Å². The topological polar surface area (TPSA) is 32.3 Å². The number of nitrogens with one attached hydrogen (secondary N) is 1. The van der Waals surface area contributed by atoms with Gasteiger partial charge in [0.05, 0.1) is 6.10 Å². The summed E-state index contributed by atoms with van der Waals surface area (Å²) in [7, 11) is 0. The SMILES string of the molecule is CC(C)(C)C#CCC(O)[C@H]1CCNC1. The van der Waals surface area contributed by atoms with Crippen LogP contribution in [0.5, 0.6) is 0 Å². The third-order valence-electron chi connectivity index (χ3n) is 2.42. The van der Waals surface area contributed by atoms with E-state index in [0.717, 1.165) is 19.5 Å². The Bertz CT molecular complexity index is 225. The summed E-state index contributed by atoms with van der Waals surface area (Å²) in [6.07, 6.45) is 1.45. The van der Waals surface area contributed by atoms with Crippen molar-refractivity contribution in [3.8, 4) is 11.8 Å². The van der Waals surface area contributed by atoms with Crippen molar-refractivity contribution < 1.29 is 5.11 Å². The smallest absolute Gasteiger partial charge is 0.0690 e. The van der Waals surface area contributed by atoms with Crippen LogP contribution in [0.4, 0.5) is 0 Å². The highest BCUT2D eigenvalue weighted by Crippen LogP contribution is 2.15. The second kappa shape index (κ2) is 4.82. The zero-order chi connectivity index (χ0) is 10.6. The molecular weight excluding hydrogens is 174 g/mol. The maximum atomic E-state index is 9.80. The molecule has 2 heteroatoms. The summed E-state index contributed by atoms with van der Waals surface area (Å²) >= 11 is 0. The first-order chi connectivity index (χ1) is 6.49.